The molecule has 152 valence electrons. The molecule has 0 radical (unpaired) electrons. The third-order valence-electron chi connectivity index (χ3n) is 5.84. The molecule has 4 aromatic rings. The Bertz CT molecular complexity index is 1190. The van der Waals surface area contributed by atoms with Crippen molar-refractivity contribution in [3.8, 4) is 5.88 Å². The van der Waals surface area contributed by atoms with Gasteiger partial charge in [-0.15, -0.1) is 5.10 Å². The standard InChI is InChI=1S/C25H25N3O2/c29-25(21-13-12-19-8-2-3-9-20(19)18-21)28-23-11-5-4-10-22(23)24(26-28)30-17-16-27-14-6-1-7-15-27/h2-5,8-13,18H,1,6-7,14-17H2. The third kappa shape index (κ3) is 3.68. The Morgan fingerprint density at radius 2 is 1.67 bits per heavy atom. The molecule has 1 aliphatic rings. The second-order valence-electron chi connectivity index (χ2n) is 7.85. The molecule has 3 aromatic carbocycles. The summed E-state index contributed by atoms with van der Waals surface area (Å²) in [7, 11) is 0. The van der Waals surface area contributed by atoms with Crippen LogP contribution in [-0.2, 0) is 0 Å². The lowest BCUT2D eigenvalue weighted by Gasteiger charge is -2.25. The van der Waals surface area contributed by atoms with E-state index in [1.807, 2.05) is 66.7 Å². The average Bonchev–Trinajstić information content (AvgIpc) is 3.18. The summed E-state index contributed by atoms with van der Waals surface area (Å²) < 4.78 is 7.50. The molecule has 1 saturated heterocycles. The number of benzene rings is 3. The summed E-state index contributed by atoms with van der Waals surface area (Å²) in [6.45, 7) is 3.74. The van der Waals surface area contributed by atoms with Gasteiger partial charge >= 0.3 is 0 Å². The number of rotatable bonds is 5. The van der Waals surface area contributed by atoms with Crippen molar-refractivity contribution in [2.75, 3.05) is 26.2 Å². The number of likely N-dealkylation sites (tertiary alicyclic amines) is 1. The summed E-state index contributed by atoms with van der Waals surface area (Å²) in [6.07, 6.45) is 3.85. The highest BCUT2D eigenvalue weighted by Gasteiger charge is 2.18. The van der Waals surface area contributed by atoms with Crippen molar-refractivity contribution in [3.05, 3.63) is 72.3 Å². The first-order valence-electron chi connectivity index (χ1n) is 10.7. The van der Waals surface area contributed by atoms with Gasteiger partial charge < -0.3 is 4.74 Å². The van der Waals surface area contributed by atoms with Crippen LogP contribution in [0.5, 0.6) is 5.88 Å². The number of carbonyl (C=O) groups is 1. The monoisotopic (exact) mass is 399 g/mol. The van der Waals surface area contributed by atoms with Crippen molar-refractivity contribution < 1.29 is 9.53 Å². The lowest BCUT2D eigenvalue weighted by molar-refractivity contribution is 0.0947. The van der Waals surface area contributed by atoms with Crippen molar-refractivity contribution in [1.29, 1.82) is 0 Å². The Labute approximate surface area is 175 Å². The van der Waals surface area contributed by atoms with E-state index < -0.39 is 0 Å². The molecule has 0 atom stereocenters. The molecule has 0 amide bonds. The molecule has 0 spiro atoms. The van der Waals surface area contributed by atoms with E-state index in [0.717, 1.165) is 41.3 Å². The predicted octanol–water partition coefficient (Wildman–Crippen LogP) is 4.74. The fourth-order valence-corrected chi connectivity index (χ4v) is 4.20. The molecule has 1 aliphatic heterocycles. The van der Waals surface area contributed by atoms with E-state index in [0.29, 0.717) is 18.1 Å². The quantitative estimate of drug-likeness (QED) is 0.486. The lowest BCUT2D eigenvalue weighted by Crippen LogP contribution is -2.33. The highest BCUT2D eigenvalue weighted by atomic mass is 16.5. The topological polar surface area (TPSA) is 47.4 Å². The zero-order valence-electron chi connectivity index (χ0n) is 17.0. The SMILES string of the molecule is O=C(c1ccc2ccccc2c1)n1nc(OCCN2CCCCC2)c2ccccc21. The summed E-state index contributed by atoms with van der Waals surface area (Å²) in [6, 6.07) is 21.5. The largest absolute Gasteiger partial charge is 0.475 e. The molecule has 2 heterocycles. The van der Waals surface area contributed by atoms with Gasteiger partial charge in [0.25, 0.3) is 5.91 Å². The summed E-state index contributed by atoms with van der Waals surface area (Å²) in [4.78, 5) is 15.7. The van der Waals surface area contributed by atoms with Gasteiger partial charge in [-0.2, -0.15) is 4.68 Å². The van der Waals surface area contributed by atoms with E-state index in [1.54, 1.807) is 0 Å². The molecule has 0 aliphatic carbocycles. The minimum Gasteiger partial charge on any atom is -0.475 e. The summed E-state index contributed by atoms with van der Waals surface area (Å²) >= 11 is 0. The maximum Gasteiger partial charge on any atom is 0.278 e. The molecule has 5 heteroatoms. The molecule has 0 saturated carbocycles. The van der Waals surface area contributed by atoms with Crippen LogP contribution in [0.15, 0.2) is 66.7 Å². The zero-order chi connectivity index (χ0) is 20.3. The Morgan fingerprint density at radius 3 is 2.53 bits per heavy atom. The van der Waals surface area contributed by atoms with E-state index in [1.165, 1.54) is 23.9 Å². The number of piperidine rings is 1. The van der Waals surface area contributed by atoms with Crippen LogP contribution in [0.4, 0.5) is 0 Å². The van der Waals surface area contributed by atoms with Crippen LogP contribution in [0.3, 0.4) is 0 Å². The third-order valence-corrected chi connectivity index (χ3v) is 5.84. The van der Waals surface area contributed by atoms with Crippen molar-refractivity contribution in [1.82, 2.24) is 14.7 Å². The molecule has 1 aromatic heterocycles. The summed E-state index contributed by atoms with van der Waals surface area (Å²) in [5, 5.41) is 7.57. The van der Waals surface area contributed by atoms with Gasteiger partial charge in [-0.1, -0.05) is 48.9 Å². The molecular weight excluding hydrogens is 374 g/mol. The minimum atomic E-state index is -0.150. The van der Waals surface area contributed by atoms with Gasteiger partial charge in [0, 0.05) is 12.1 Å². The molecule has 30 heavy (non-hydrogen) atoms. The van der Waals surface area contributed by atoms with Gasteiger partial charge in [-0.3, -0.25) is 9.69 Å². The highest BCUT2D eigenvalue weighted by Crippen LogP contribution is 2.26. The maximum atomic E-state index is 13.3. The Balaban J connectivity index is 1.41. The molecule has 5 rings (SSSR count). The van der Waals surface area contributed by atoms with Crippen molar-refractivity contribution in [3.63, 3.8) is 0 Å². The molecule has 0 N–H and O–H groups in total. The predicted molar refractivity (Wildman–Crippen MR) is 119 cm³/mol. The van der Waals surface area contributed by atoms with Crippen molar-refractivity contribution in [2.45, 2.75) is 19.3 Å². The van der Waals surface area contributed by atoms with Crippen LogP contribution >= 0.6 is 0 Å². The molecule has 5 nitrogen and oxygen atoms in total. The Morgan fingerprint density at radius 1 is 0.900 bits per heavy atom. The van der Waals surface area contributed by atoms with Gasteiger partial charge in [-0.05, 0) is 61.0 Å². The van der Waals surface area contributed by atoms with Gasteiger partial charge in [0.2, 0.25) is 5.88 Å². The molecular formula is C25H25N3O2. The van der Waals surface area contributed by atoms with E-state index in [4.69, 9.17) is 4.74 Å². The number of nitrogens with zero attached hydrogens (tertiary/aromatic N) is 3. The van der Waals surface area contributed by atoms with E-state index in [9.17, 15) is 4.79 Å². The minimum absolute atomic E-state index is 0.150. The highest BCUT2D eigenvalue weighted by molar-refractivity contribution is 6.04. The fourth-order valence-electron chi connectivity index (χ4n) is 4.20. The second-order valence-corrected chi connectivity index (χ2v) is 7.85. The number of aromatic nitrogens is 2. The first kappa shape index (κ1) is 18.8. The molecule has 0 unspecified atom stereocenters. The fraction of sp³-hybridized carbons (Fsp3) is 0.280. The van der Waals surface area contributed by atoms with Gasteiger partial charge in [-0.25, -0.2) is 0 Å². The lowest BCUT2D eigenvalue weighted by atomic mass is 10.1. The first-order chi connectivity index (χ1) is 14.8. The zero-order valence-corrected chi connectivity index (χ0v) is 17.0. The number of para-hydroxylation sites is 1. The van der Waals surface area contributed by atoms with Crippen LogP contribution in [0.1, 0.15) is 29.6 Å². The Kier molecular flexibility index (Phi) is 5.20. The molecule has 1 fully saturated rings. The van der Waals surface area contributed by atoms with Crippen LogP contribution in [-0.4, -0.2) is 46.8 Å². The number of carbonyl (C=O) groups excluding carboxylic acids is 1. The summed E-state index contributed by atoms with van der Waals surface area (Å²) in [5.41, 5.74) is 1.38. The van der Waals surface area contributed by atoms with Crippen LogP contribution in [0, 0.1) is 0 Å². The normalized spacial score (nSPS) is 14.9. The van der Waals surface area contributed by atoms with Gasteiger partial charge in [0.15, 0.2) is 0 Å². The number of fused-ring (bicyclic) bond motifs is 2. The Hall–Kier alpha value is -3.18. The van der Waals surface area contributed by atoms with E-state index >= 15 is 0 Å². The van der Waals surface area contributed by atoms with Crippen LogP contribution in [0.25, 0.3) is 21.7 Å². The summed E-state index contributed by atoms with van der Waals surface area (Å²) in [5.74, 6) is 0.375. The number of ether oxygens (including phenoxy) is 1. The van der Waals surface area contributed by atoms with Crippen molar-refractivity contribution in [2.24, 2.45) is 0 Å². The first-order valence-corrected chi connectivity index (χ1v) is 10.7. The number of hydrogen-bond acceptors (Lipinski definition) is 4. The van der Waals surface area contributed by atoms with Crippen molar-refractivity contribution >= 4 is 27.6 Å². The van der Waals surface area contributed by atoms with E-state index in [-0.39, 0.29) is 5.91 Å². The van der Waals surface area contributed by atoms with Gasteiger partial charge in [0.05, 0.1) is 10.9 Å². The van der Waals surface area contributed by atoms with Crippen LogP contribution < -0.4 is 4.74 Å². The number of hydrogen-bond donors (Lipinski definition) is 0. The molecule has 0 bridgehead atoms. The van der Waals surface area contributed by atoms with Gasteiger partial charge in [0.1, 0.15) is 6.61 Å². The average molecular weight is 399 g/mol. The van der Waals surface area contributed by atoms with E-state index in [2.05, 4.69) is 10.00 Å². The smallest absolute Gasteiger partial charge is 0.278 e. The van der Waals surface area contributed by atoms with Crippen LogP contribution in [0.2, 0.25) is 0 Å². The maximum absolute atomic E-state index is 13.3. The second kappa shape index (κ2) is 8.28.